The zero-order valence-electron chi connectivity index (χ0n) is 13.5. The van der Waals surface area contributed by atoms with Crippen molar-refractivity contribution in [3.8, 4) is 5.75 Å². The molecule has 1 aromatic rings. The van der Waals surface area contributed by atoms with Crippen molar-refractivity contribution in [3.05, 3.63) is 28.8 Å². The van der Waals surface area contributed by atoms with E-state index in [9.17, 15) is 0 Å². The molecule has 0 radical (unpaired) electrons. The van der Waals surface area contributed by atoms with Gasteiger partial charge in [-0.3, -0.25) is 16.2 Å². The van der Waals surface area contributed by atoms with Gasteiger partial charge in [0.05, 0.1) is 25.9 Å². The van der Waals surface area contributed by atoms with Gasteiger partial charge < -0.3 is 9.47 Å². The molecule has 2 unspecified atom stereocenters. The van der Waals surface area contributed by atoms with E-state index in [0.717, 1.165) is 43.1 Å². The molecule has 21 heavy (non-hydrogen) atoms. The number of hydrogen-bond donors (Lipinski definition) is 2. The van der Waals surface area contributed by atoms with Crippen LogP contribution in [0.15, 0.2) is 12.1 Å². The first kappa shape index (κ1) is 16.2. The number of likely N-dealkylation sites (N-methyl/N-ethyl adjacent to an activating group) is 1. The van der Waals surface area contributed by atoms with Crippen molar-refractivity contribution >= 4 is 0 Å². The van der Waals surface area contributed by atoms with Gasteiger partial charge in [0.25, 0.3) is 0 Å². The molecule has 0 aliphatic carbocycles. The Morgan fingerprint density at radius 3 is 2.86 bits per heavy atom. The summed E-state index contributed by atoms with van der Waals surface area (Å²) in [6, 6.07) is 4.12. The van der Waals surface area contributed by atoms with Gasteiger partial charge in [-0.15, -0.1) is 0 Å². The molecular weight excluding hydrogens is 266 g/mol. The van der Waals surface area contributed by atoms with E-state index in [1.54, 1.807) is 7.11 Å². The number of morpholine rings is 1. The van der Waals surface area contributed by atoms with Crippen LogP contribution in [0.25, 0.3) is 0 Å². The predicted octanol–water partition coefficient (Wildman–Crippen LogP) is 1.54. The molecule has 3 N–H and O–H groups in total. The second-order valence-electron chi connectivity index (χ2n) is 5.58. The summed E-state index contributed by atoms with van der Waals surface area (Å²) in [6.45, 7) is 9.96. The SMILES string of the molecule is CCN1CCOC(C(NN)c2ccc(C)c(C)c2OC)C1. The second kappa shape index (κ2) is 7.22. The summed E-state index contributed by atoms with van der Waals surface area (Å²) >= 11 is 0. The number of ether oxygens (including phenoxy) is 2. The fourth-order valence-electron chi connectivity index (χ4n) is 2.94. The molecule has 2 atom stereocenters. The molecule has 2 rings (SSSR count). The maximum absolute atomic E-state index is 5.95. The van der Waals surface area contributed by atoms with E-state index in [-0.39, 0.29) is 12.1 Å². The van der Waals surface area contributed by atoms with Crippen LogP contribution >= 0.6 is 0 Å². The number of benzene rings is 1. The van der Waals surface area contributed by atoms with E-state index >= 15 is 0 Å². The Bertz CT molecular complexity index is 479. The minimum Gasteiger partial charge on any atom is -0.496 e. The molecule has 1 aromatic carbocycles. The number of rotatable bonds is 5. The molecule has 0 aromatic heterocycles. The van der Waals surface area contributed by atoms with Crippen LogP contribution in [0.2, 0.25) is 0 Å². The average molecular weight is 293 g/mol. The summed E-state index contributed by atoms with van der Waals surface area (Å²) < 4.78 is 11.6. The van der Waals surface area contributed by atoms with Crippen LogP contribution in [0.1, 0.15) is 29.7 Å². The fraction of sp³-hybridized carbons (Fsp3) is 0.625. The van der Waals surface area contributed by atoms with Gasteiger partial charge in [0.1, 0.15) is 5.75 Å². The van der Waals surface area contributed by atoms with Crippen LogP contribution < -0.4 is 16.0 Å². The molecular formula is C16H27N3O2. The normalized spacial score (nSPS) is 21.3. The maximum Gasteiger partial charge on any atom is 0.126 e. The summed E-state index contributed by atoms with van der Waals surface area (Å²) in [4.78, 5) is 2.38. The Hall–Kier alpha value is -1.14. The number of hydrazine groups is 1. The van der Waals surface area contributed by atoms with E-state index in [1.807, 2.05) is 0 Å². The highest BCUT2D eigenvalue weighted by molar-refractivity contribution is 5.47. The maximum atomic E-state index is 5.95. The first-order chi connectivity index (χ1) is 10.1. The lowest BCUT2D eigenvalue weighted by atomic mass is 9.95. The van der Waals surface area contributed by atoms with Gasteiger partial charge in [-0.1, -0.05) is 19.1 Å². The largest absolute Gasteiger partial charge is 0.496 e. The summed E-state index contributed by atoms with van der Waals surface area (Å²) in [5.74, 6) is 6.73. The van der Waals surface area contributed by atoms with E-state index in [4.69, 9.17) is 15.3 Å². The Morgan fingerprint density at radius 1 is 1.48 bits per heavy atom. The Labute approximate surface area is 127 Å². The molecule has 1 aliphatic rings. The molecule has 0 spiro atoms. The van der Waals surface area contributed by atoms with Gasteiger partial charge in [-0.05, 0) is 31.5 Å². The van der Waals surface area contributed by atoms with Crippen molar-refractivity contribution in [3.63, 3.8) is 0 Å². The number of aryl methyl sites for hydroxylation is 1. The Kier molecular flexibility index (Phi) is 5.58. The van der Waals surface area contributed by atoms with Gasteiger partial charge >= 0.3 is 0 Å². The van der Waals surface area contributed by atoms with Crippen LogP contribution in [0, 0.1) is 13.8 Å². The molecule has 5 nitrogen and oxygen atoms in total. The third-order valence-electron chi connectivity index (χ3n) is 4.42. The minimum absolute atomic E-state index is 0.0275. The van der Waals surface area contributed by atoms with Crippen LogP contribution in [-0.4, -0.2) is 44.4 Å². The molecule has 118 valence electrons. The van der Waals surface area contributed by atoms with Gasteiger partial charge in [0, 0.05) is 18.7 Å². The molecule has 1 fully saturated rings. The number of nitrogens with two attached hydrogens (primary N) is 1. The molecule has 0 bridgehead atoms. The fourth-order valence-corrected chi connectivity index (χ4v) is 2.94. The molecule has 0 amide bonds. The van der Waals surface area contributed by atoms with Gasteiger partial charge in [-0.25, -0.2) is 0 Å². The summed E-state index contributed by atoms with van der Waals surface area (Å²) in [7, 11) is 1.71. The molecule has 0 saturated carbocycles. The molecule has 5 heteroatoms. The number of hydrogen-bond acceptors (Lipinski definition) is 5. The standard InChI is InChI=1S/C16H27N3O2/c1-5-19-8-9-21-14(10-19)15(18-17)13-7-6-11(2)12(3)16(13)20-4/h6-7,14-15,18H,5,8-10,17H2,1-4H3. The topological polar surface area (TPSA) is 59.8 Å². The lowest BCUT2D eigenvalue weighted by Crippen LogP contribution is -2.49. The third kappa shape index (κ3) is 3.37. The smallest absolute Gasteiger partial charge is 0.126 e. The summed E-state index contributed by atoms with van der Waals surface area (Å²) in [5.41, 5.74) is 6.35. The van der Waals surface area contributed by atoms with E-state index in [2.05, 4.69) is 43.2 Å². The van der Waals surface area contributed by atoms with Crippen LogP contribution in [-0.2, 0) is 4.74 Å². The second-order valence-corrected chi connectivity index (χ2v) is 5.58. The first-order valence-corrected chi connectivity index (χ1v) is 7.56. The molecule has 1 heterocycles. The van der Waals surface area contributed by atoms with Crippen molar-refractivity contribution in [1.29, 1.82) is 0 Å². The number of nitrogens with one attached hydrogen (secondary N) is 1. The predicted molar refractivity (Wildman–Crippen MR) is 84.4 cm³/mol. The summed E-state index contributed by atoms with van der Waals surface area (Å²) in [6.07, 6.45) is 0.0275. The quantitative estimate of drug-likeness (QED) is 0.637. The van der Waals surface area contributed by atoms with Crippen molar-refractivity contribution in [2.24, 2.45) is 5.84 Å². The Morgan fingerprint density at radius 2 is 2.24 bits per heavy atom. The molecule has 1 aliphatic heterocycles. The van der Waals surface area contributed by atoms with Crippen LogP contribution in [0.3, 0.4) is 0 Å². The van der Waals surface area contributed by atoms with Crippen molar-refractivity contribution in [2.75, 3.05) is 33.4 Å². The first-order valence-electron chi connectivity index (χ1n) is 7.56. The van der Waals surface area contributed by atoms with E-state index in [1.165, 1.54) is 5.56 Å². The van der Waals surface area contributed by atoms with Gasteiger partial charge in [0.15, 0.2) is 0 Å². The molecule has 1 saturated heterocycles. The lowest BCUT2D eigenvalue weighted by Gasteiger charge is -2.37. The van der Waals surface area contributed by atoms with Gasteiger partial charge in [-0.2, -0.15) is 0 Å². The summed E-state index contributed by atoms with van der Waals surface area (Å²) in [5, 5.41) is 0. The van der Waals surface area contributed by atoms with Crippen LogP contribution in [0.5, 0.6) is 5.75 Å². The number of methoxy groups -OCH3 is 1. The highest BCUT2D eigenvalue weighted by atomic mass is 16.5. The minimum atomic E-state index is -0.0754. The van der Waals surface area contributed by atoms with E-state index < -0.39 is 0 Å². The van der Waals surface area contributed by atoms with Crippen molar-refractivity contribution in [1.82, 2.24) is 10.3 Å². The van der Waals surface area contributed by atoms with Gasteiger partial charge in [0.2, 0.25) is 0 Å². The zero-order chi connectivity index (χ0) is 15.4. The Balaban J connectivity index is 2.31. The van der Waals surface area contributed by atoms with E-state index in [0.29, 0.717) is 0 Å². The zero-order valence-corrected chi connectivity index (χ0v) is 13.5. The monoisotopic (exact) mass is 293 g/mol. The highest BCUT2D eigenvalue weighted by Gasteiger charge is 2.30. The number of nitrogens with zero attached hydrogens (tertiary/aromatic N) is 1. The van der Waals surface area contributed by atoms with Crippen molar-refractivity contribution < 1.29 is 9.47 Å². The average Bonchev–Trinajstić information content (AvgIpc) is 2.52. The lowest BCUT2D eigenvalue weighted by molar-refractivity contribution is -0.0459. The van der Waals surface area contributed by atoms with Crippen molar-refractivity contribution in [2.45, 2.75) is 32.9 Å². The van der Waals surface area contributed by atoms with Crippen LogP contribution in [0.4, 0.5) is 0 Å². The third-order valence-corrected chi connectivity index (χ3v) is 4.42. The highest BCUT2D eigenvalue weighted by Crippen LogP contribution is 2.33.